The molecule has 1 aromatic carbocycles. The molecule has 1 saturated heterocycles. The summed E-state index contributed by atoms with van der Waals surface area (Å²) in [6.45, 7) is 5.06. The Balaban J connectivity index is 1.27. The first-order valence-electron chi connectivity index (χ1n) is 11.7. The Labute approximate surface area is 202 Å². The number of benzene rings is 1. The molecule has 2 aliphatic rings. The van der Waals surface area contributed by atoms with Crippen molar-refractivity contribution >= 4 is 5.71 Å². The normalized spacial score (nSPS) is 17.5. The second-order valence-electron chi connectivity index (χ2n) is 8.84. The third-order valence-corrected chi connectivity index (χ3v) is 6.64. The molecular weight excluding hydrogens is 454 g/mol. The van der Waals surface area contributed by atoms with E-state index in [0.29, 0.717) is 30.2 Å². The zero-order valence-electron chi connectivity index (χ0n) is 19.4. The third-order valence-electron chi connectivity index (χ3n) is 6.64. The van der Waals surface area contributed by atoms with Crippen molar-refractivity contribution in [2.75, 3.05) is 19.7 Å². The summed E-state index contributed by atoms with van der Waals surface area (Å²) >= 11 is 0. The quantitative estimate of drug-likeness (QED) is 0.232. The van der Waals surface area contributed by atoms with Gasteiger partial charge in [0.15, 0.2) is 24.0 Å². The summed E-state index contributed by atoms with van der Waals surface area (Å²) in [5.41, 5.74) is 3.98. The molecule has 35 heavy (non-hydrogen) atoms. The van der Waals surface area contributed by atoms with Gasteiger partial charge >= 0.3 is 0 Å². The van der Waals surface area contributed by atoms with Crippen molar-refractivity contribution in [3.05, 3.63) is 99.8 Å². The molecule has 0 N–H and O–H groups in total. The van der Waals surface area contributed by atoms with Crippen LogP contribution in [0, 0.1) is 16.8 Å². The summed E-state index contributed by atoms with van der Waals surface area (Å²) in [6.07, 6.45) is 6.56. The van der Waals surface area contributed by atoms with Crippen LogP contribution in [-0.4, -0.2) is 35.3 Å². The van der Waals surface area contributed by atoms with E-state index in [1.165, 1.54) is 12.3 Å². The predicted octanol–water partition coefficient (Wildman–Crippen LogP) is 3.80. The number of fused-ring (bicyclic) bond motifs is 2. The minimum Gasteiger partial charge on any atom is -0.619 e. The minimum atomic E-state index is -0.954. The fraction of sp³-hybridized carbons (Fsp3) is 0.346. The Hall–Kier alpha value is -3.43. The highest BCUT2D eigenvalue weighted by Gasteiger charge is 2.44. The van der Waals surface area contributed by atoms with Crippen LogP contribution < -0.4 is 4.73 Å². The van der Waals surface area contributed by atoms with Gasteiger partial charge in [-0.3, -0.25) is 9.88 Å². The number of likely N-dealkylation sites (tertiary alicyclic amines) is 1. The maximum Gasteiger partial charge on any atom is 0.186 e. The number of halogens is 2. The van der Waals surface area contributed by atoms with Crippen LogP contribution in [0.2, 0.25) is 0 Å². The number of hydrogen-bond donors (Lipinski definition) is 0. The van der Waals surface area contributed by atoms with E-state index in [4.69, 9.17) is 9.57 Å². The van der Waals surface area contributed by atoms with Crippen LogP contribution in [0.1, 0.15) is 47.7 Å². The number of oxime groups is 1. The average Bonchev–Trinajstić information content (AvgIpc) is 3.21. The molecule has 0 amide bonds. The van der Waals surface area contributed by atoms with Crippen molar-refractivity contribution in [1.29, 1.82) is 0 Å². The maximum absolute atomic E-state index is 13.8. The number of nitrogens with zero attached hydrogens (tertiary/aromatic N) is 4. The van der Waals surface area contributed by atoms with E-state index in [2.05, 4.69) is 15.0 Å². The Morgan fingerprint density at radius 3 is 2.74 bits per heavy atom. The highest BCUT2D eigenvalue weighted by atomic mass is 19.2. The third kappa shape index (κ3) is 4.74. The molecule has 0 bridgehead atoms. The van der Waals surface area contributed by atoms with Crippen LogP contribution in [0.3, 0.4) is 0 Å². The second kappa shape index (κ2) is 9.67. The van der Waals surface area contributed by atoms with Gasteiger partial charge in [0.2, 0.25) is 0 Å². The number of ether oxygens (including phenoxy) is 1. The molecule has 1 spiro atoms. The first-order chi connectivity index (χ1) is 17.0. The topological polar surface area (TPSA) is 73.9 Å². The van der Waals surface area contributed by atoms with Crippen LogP contribution in [0.25, 0.3) is 0 Å². The fourth-order valence-corrected chi connectivity index (χ4v) is 4.76. The number of aromatic nitrogens is 2. The fourth-order valence-electron chi connectivity index (χ4n) is 4.76. The molecule has 2 aliphatic heterocycles. The lowest BCUT2D eigenvalue weighted by Gasteiger charge is -2.38. The van der Waals surface area contributed by atoms with Crippen molar-refractivity contribution in [2.45, 2.75) is 38.5 Å². The predicted molar refractivity (Wildman–Crippen MR) is 124 cm³/mol. The van der Waals surface area contributed by atoms with E-state index in [0.717, 1.165) is 66.0 Å². The van der Waals surface area contributed by atoms with E-state index in [9.17, 15) is 14.0 Å². The molecule has 9 heteroatoms. The lowest BCUT2D eigenvalue weighted by Crippen LogP contribution is -2.43. The summed E-state index contributed by atoms with van der Waals surface area (Å²) < 4.78 is 34.2. The van der Waals surface area contributed by atoms with Gasteiger partial charge in [0, 0.05) is 37.5 Å². The van der Waals surface area contributed by atoms with Crippen LogP contribution in [0.15, 0.2) is 60.1 Å². The molecule has 0 atom stereocenters. The zero-order chi connectivity index (χ0) is 24.4. The molecule has 5 rings (SSSR count). The van der Waals surface area contributed by atoms with E-state index in [1.807, 2.05) is 18.2 Å². The van der Waals surface area contributed by atoms with Crippen molar-refractivity contribution < 1.29 is 23.1 Å². The van der Waals surface area contributed by atoms with E-state index < -0.39 is 11.6 Å². The highest BCUT2D eigenvalue weighted by molar-refractivity contribution is 6.11. The molecule has 0 radical (unpaired) electrons. The minimum absolute atomic E-state index is 0.338. The van der Waals surface area contributed by atoms with Gasteiger partial charge < -0.3 is 14.8 Å². The lowest BCUT2D eigenvalue weighted by molar-refractivity contribution is -0.606. The van der Waals surface area contributed by atoms with Crippen molar-refractivity contribution in [3.63, 3.8) is 0 Å². The van der Waals surface area contributed by atoms with E-state index >= 15 is 0 Å². The monoisotopic (exact) mass is 480 g/mol. The van der Waals surface area contributed by atoms with Gasteiger partial charge in [-0.1, -0.05) is 11.2 Å². The highest BCUT2D eigenvalue weighted by Crippen LogP contribution is 2.43. The number of rotatable bonds is 6. The van der Waals surface area contributed by atoms with Gasteiger partial charge in [-0.05, 0) is 55.2 Å². The summed E-state index contributed by atoms with van der Waals surface area (Å²) in [5.74, 6) is -1.88. The summed E-state index contributed by atoms with van der Waals surface area (Å²) in [7, 11) is 0. The second-order valence-corrected chi connectivity index (χ2v) is 8.84. The van der Waals surface area contributed by atoms with Crippen LogP contribution in [0.5, 0.6) is 0 Å². The summed E-state index contributed by atoms with van der Waals surface area (Å²) in [5, 5.41) is 15.9. The van der Waals surface area contributed by atoms with Crippen LogP contribution >= 0.6 is 0 Å². The van der Waals surface area contributed by atoms with Crippen molar-refractivity contribution in [3.8, 4) is 0 Å². The van der Waals surface area contributed by atoms with Gasteiger partial charge in [0.1, 0.15) is 17.9 Å². The molecule has 0 saturated carbocycles. The Kier molecular flexibility index (Phi) is 6.44. The van der Waals surface area contributed by atoms with Crippen molar-refractivity contribution in [2.24, 2.45) is 5.16 Å². The van der Waals surface area contributed by atoms with Gasteiger partial charge in [0.05, 0.1) is 17.9 Å². The first-order valence-corrected chi connectivity index (χ1v) is 11.7. The van der Waals surface area contributed by atoms with Gasteiger partial charge in [-0.2, -0.15) is 4.73 Å². The number of piperidine rings is 1. The van der Waals surface area contributed by atoms with Gasteiger partial charge in [-0.25, -0.2) is 8.78 Å². The summed E-state index contributed by atoms with van der Waals surface area (Å²) in [4.78, 5) is 12.1. The first kappa shape index (κ1) is 23.3. The average molecular weight is 481 g/mol. The van der Waals surface area contributed by atoms with E-state index in [-0.39, 0.29) is 5.60 Å². The summed E-state index contributed by atoms with van der Waals surface area (Å²) in [6, 6.07) is 9.21. The molecule has 2 aromatic heterocycles. The molecule has 3 aromatic rings. The molecule has 0 unspecified atom stereocenters. The van der Waals surface area contributed by atoms with Gasteiger partial charge in [0.25, 0.3) is 0 Å². The Morgan fingerprint density at radius 1 is 1.20 bits per heavy atom. The van der Waals surface area contributed by atoms with Crippen molar-refractivity contribution in [1.82, 2.24) is 9.88 Å². The SMILES string of the molecule is CCON=C(c1ccc(F)c(F)c1)c1ccc(CN2CCC3(CC2)OCc2cc[n+]([O-])cc23)cn1. The molecule has 4 heterocycles. The molecule has 182 valence electrons. The van der Waals surface area contributed by atoms with E-state index in [1.54, 1.807) is 19.3 Å². The van der Waals surface area contributed by atoms with Crippen LogP contribution in [-0.2, 0) is 28.3 Å². The standard InChI is InChI=1S/C26H26F2N4O3/c1-2-35-30-25(19-4-5-22(27)23(28)13-19)24-6-3-18(14-29-24)15-31-11-8-26(9-12-31)21-16-32(33)10-7-20(21)17-34-26/h3-7,10,13-14,16H,2,8-9,11-12,15,17H2,1H3. The largest absolute Gasteiger partial charge is 0.619 e. The Bertz CT molecular complexity index is 1240. The number of pyridine rings is 2. The lowest BCUT2D eigenvalue weighted by atomic mass is 9.84. The van der Waals surface area contributed by atoms with Gasteiger partial charge in [-0.15, -0.1) is 0 Å². The number of hydrogen-bond acceptors (Lipinski definition) is 6. The zero-order valence-corrected chi connectivity index (χ0v) is 19.4. The molecule has 0 aliphatic carbocycles. The Morgan fingerprint density at radius 2 is 2.03 bits per heavy atom. The van der Waals surface area contributed by atoms with Crippen LogP contribution in [0.4, 0.5) is 8.78 Å². The smallest absolute Gasteiger partial charge is 0.186 e. The maximum atomic E-state index is 13.8. The molecule has 7 nitrogen and oxygen atoms in total. The molecular formula is C26H26F2N4O3. The molecule has 1 fully saturated rings.